The largest absolute Gasteiger partial charge is 0.337 e. The van der Waals surface area contributed by atoms with E-state index in [0.29, 0.717) is 13.1 Å². The molecular weight excluding hydrogens is 182 g/mol. The van der Waals surface area contributed by atoms with E-state index in [2.05, 4.69) is 15.3 Å². The lowest BCUT2D eigenvalue weighted by Gasteiger charge is -2.23. The van der Waals surface area contributed by atoms with Crippen molar-refractivity contribution in [3.05, 3.63) is 10.4 Å². The van der Waals surface area contributed by atoms with E-state index in [1.165, 1.54) is 4.90 Å². The number of hydrogen-bond acceptors (Lipinski definition) is 2. The van der Waals surface area contributed by atoms with Crippen molar-refractivity contribution in [1.29, 1.82) is 0 Å². The Bertz CT molecular complexity index is 242. The lowest BCUT2D eigenvalue weighted by Crippen LogP contribution is -2.40. The van der Waals surface area contributed by atoms with Crippen LogP contribution in [-0.4, -0.2) is 38.1 Å². The summed E-state index contributed by atoms with van der Waals surface area (Å²) >= 11 is 0. The van der Waals surface area contributed by atoms with Gasteiger partial charge in [-0.05, 0) is 10.9 Å². The summed E-state index contributed by atoms with van der Waals surface area (Å²) in [6.45, 7) is 4.72. The van der Waals surface area contributed by atoms with Crippen molar-refractivity contribution in [1.82, 2.24) is 10.2 Å². The van der Waals surface area contributed by atoms with Gasteiger partial charge in [0, 0.05) is 32.1 Å². The summed E-state index contributed by atoms with van der Waals surface area (Å²) in [5.41, 5.74) is 7.95. The van der Waals surface area contributed by atoms with Crippen LogP contribution in [0.25, 0.3) is 10.4 Å². The van der Waals surface area contributed by atoms with Gasteiger partial charge >= 0.3 is 6.03 Å². The van der Waals surface area contributed by atoms with Gasteiger partial charge in [0.15, 0.2) is 0 Å². The summed E-state index contributed by atoms with van der Waals surface area (Å²) < 4.78 is 0. The van der Waals surface area contributed by atoms with Crippen LogP contribution in [0.2, 0.25) is 0 Å². The molecule has 0 aromatic heterocycles. The number of rotatable bonds is 4. The normalized spacial score (nSPS) is 10.3. The molecule has 0 unspecified atom stereocenters. The first-order valence-corrected chi connectivity index (χ1v) is 4.35. The molecule has 0 aromatic rings. The topological polar surface area (TPSA) is 81.1 Å². The van der Waals surface area contributed by atoms with Crippen molar-refractivity contribution >= 4 is 6.03 Å². The second-order valence-corrected chi connectivity index (χ2v) is 4.11. The van der Waals surface area contributed by atoms with Crippen molar-refractivity contribution in [2.24, 2.45) is 10.5 Å². The zero-order chi connectivity index (χ0) is 11.2. The summed E-state index contributed by atoms with van der Waals surface area (Å²) in [4.78, 5) is 15.3. The van der Waals surface area contributed by atoms with Gasteiger partial charge in [0.1, 0.15) is 0 Å². The maximum atomic E-state index is 11.2. The summed E-state index contributed by atoms with van der Waals surface area (Å²) in [6, 6.07) is -0.140. The fourth-order valence-corrected chi connectivity index (χ4v) is 0.752. The van der Waals surface area contributed by atoms with E-state index < -0.39 is 0 Å². The predicted molar refractivity (Wildman–Crippen MR) is 54.9 cm³/mol. The Labute approximate surface area is 83.9 Å². The number of nitrogens with zero attached hydrogens (tertiary/aromatic N) is 4. The molecule has 0 saturated carbocycles. The minimum atomic E-state index is -0.210. The zero-order valence-electron chi connectivity index (χ0n) is 9.11. The van der Waals surface area contributed by atoms with Crippen molar-refractivity contribution in [2.45, 2.75) is 13.8 Å². The molecule has 0 atom stereocenters. The van der Waals surface area contributed by atoms with Gasteiger partial charge in [-0.15, -0.1) is 0 Å². The Balaban J connectivity index is 3.98. The average molecular weight is 199 g/mol. The number of amides is 2. The van der Waals surface area contributed by atoms with E-state index in [9.17, 15) is 4.79 Å². The number of urea groups is 1. The van der Waals surface area contributed by atoms with Crippen LogP contribution in [0.15, 0.2) is 5.11 Å². The number of azide groups is 1. The van der Waals surface area contributed by atoms with Crippen LogP contribution >= 0.6 is 0 Å². The minimum absolute atomic E-state index is 0.140. The quantitative estimate of drug-likeness (QED) is 0.416. The number of carbonyl (C=O) groups is 1. The Morgan fingerprint density at radius 3 is 2.57 bits per heavy atom. The van der Waals surface area contributed by atoms with E-state index in [0.717, 1.165) is 0 Å². The lowest BCUT2D eigenvalue weighted by molar-refractivity contribution is 0.211. The van der Waals surface area contributed by atoms with E-state index in [4.69, 9.17) is 5.53 Å². The molecule has 0 rings (SSSR count). The fraction of sp³-hybridized carbons (Fsp3) is 0.875. The standard InChI is InChI=1S/C8H17N5O/c1-8(2,6-11-12-9)5-10-7(14)13(3)4/h5-6H2,1-4H3,(H,10,14). The Morgan fingerprint density at radius 2 is 2.14 bits per heavy atom. The number of nitrogens with one attached hydrogen (secondary N) is 1. The van der Waals surface area contributed by atoms with Gasteiger partial charge in [-0.25, -0.2) is 4.79 Å². The van der Waals surface area contributed by atoms with Gasteiger partial charge in [-0.3, -0.25) is 0 Å². The van der Waals surface area contributed by atoms with Crippen molar-refractivity contribution in [3.8, 4) is 0 Å². The smallest absolute Gasteiger partial charge is 0.316 e. The second kappa shape index (κ2) is 5.34. The Kier molecular flexibility index (Phi) is 4.80. The summed E-state index contributed by atoms with van der Waals surface area (Å²) in [7, 11) is 3.35. The molecule has 2 amide bonds. The summed E-state index contributed by atoms with van der Waals surface area (Å²) in [5, 5.41) is 6.22. The molecule has 80 valence electrons. The van der Waals surface area contributed by atoms with Crippen LogP contribution < -0.4 is 5.32 Å². The van der Waals surface area contributed by atoms with Gasteiger partial charge in [-0.1, -0.05) is 19.0 Å². The zero-order valence-corrected chi connectivity index (χ0v) is 9.11. The molecule has 0 bridgehead atoms. The van der Waals surface area contributed by atoms with Crippen molar-refractivity contribution in [3.63, 3.8) is 0 Å². The van der Waals surface area contributed by atoms with E-state index in [1.54, 1.807) is 14.1 Å². The molecular formula is C8H17N5O. The van der Waals surface area contributed by atoms with Crippen LogP contribution in [0.5, 0.6) is 0 Å². The molecule has 0 heterocycles. The third kappa shape index (κ3) is 5.27. The molecule has 6 heteroatoms. The van der Waals surface area contributed by atoms with Crippen LogP contribution in [0.3, 0.4) is 0 Å². The molecule has 0 aromatic carbocycles. The monoisotopic (exact) mass is 199 g/mol. The van der Waals surface area contributed by atoms with Crippen LogP contribution in [0.4, 0.5) is 4.79 Å². The number of carbonyl (C=O) groups excluding carboxylic acids is 1. The highest BCUT2D eigenvalue weighted by atomic mass is 16.2. The molecule has 0 radical (unpaired) electrons. The number of hydrogen-bond donors (Lipinski definition) is 1. The first kappa shape index (κ1) is 12.6. The van der Waals surface area contributed by atoms with Crippen molar-refractivity contribution < 1.29 is 4.79 Å². The van der Waals surface area contributed by atoms with Gasteiger partial charge in [0.2, 0.25) is 0 Å². The highest BCUT2D eigenvalue weighted by Gasteiger charge is 2.18. The third-order valence-electron chi connectivity index (χ3n) is 1.69. The van der Waals surface area contributed by atoms with Crippen LogP contribution in [0.1, 0.15) is 13.8 Å². The SMILES string of the molecule is CN(C)C(=O)NCC(C)(C)CN=[N+]=[N-]. The minimum Gasteiger partial charge on any atom is -0.337 e. The Morgan fingerprint density at radius 1 is 1.57 bits per heavy atom. The maximum absolute atomic E-state index is 11.2. The van der Waals surface area contributed by atoms with Gasteiger partial charge < -0.3 is 10.2 Å². The van der Waals surface area contributed by atoms with E-state index in [1.807, 2.05) is 13.8 Å². The van der Waals surface area contributed by atoms with Crippen molar-refractivity contribution in [2.75, 3.05) is 27.2 Å². The van der Waals surface area contributed by atoms with Crippen LogP contribution in [0, 0.1) is 5.41 Å². The first-order valence-electron chi connectivity index (χ1n) is 4.35. The molecule has 1 N–H and O–H groups in total. The van der Waals surface area contributed by atoms with E-state index in [-0.39, 0.29) is 11.4 Å². The Hall–Kier alpha value is -1.42. The highest BCUT2D eigenvalue weighted by molar-refractivity contribution is 5.73. The van der Waals surface area contributed by atoms with E-state index >= 15 is 0 Å². The average Bonchev–Trinajstić information content (AvgIpc) is 2.11. The van der Waals surface area contributed by atoms with Gasteiger partial charge in [-0.2, -0.15) is 0 Å². The molecule has 0 aliphatic carbocycles. The predicted octanol–water partition coefficient (Wildman–Crippen LogP) is 1.59. The maximum Gasteiger partial charge on any atom is 0.316 e. The lowest BCUT2D eigenvalue weighted by atomic mass is 9.94. The van der Waals surface area contributed by atoms with Gasteiger partial charge in [0.05, 0.1) is 0 Å². The summed E-state index contributed by atoms with van der Waals surface area (Å²) in [5.74, 6) is 0. The van der Waals surface area contributed by atoms with Gasteiger partial charge in [0.25, 0.3) is 0 Å². The fourth-order valence-electron chi connectivity index (χ4n) is 0.752. The molecule has 6 nitrogen and oxygen atoms in total. The second-order valence-electron chi connectivity index (χ2n) is 4.11. The molecule has 0 fully saturated rings. The summed E-state index contributed by atoms with van der Waals surface area (Å²) in [6.07, 6.45) is 0. The molecule has 0 aliphatic rings. The van der Waals surface area contributed by atoms with Crippen LogP contribution in [-0.2, 0) is 0 Å². The third-order valence-corrected chi connectivity index (χ3v) is 1.69. The first-order chi connectivity index (χ1) is 6.39. The molecule has 14 heavy (non-hydrogen) atoms. The molecule has 0 saturated heterocycles. The molecule has 0 spiro atoms. The molecule has 0 aliphatic heterocycles. The highest BCUT2D eigenvalue weighted by Crippen LogP contribution is 2.13.